The summed E-state index contributed by atoms with van der Waals surface area (Å²) in [6, 6.07) is -4.19. The third kappa shape index (κ3) is 13.4. The van der Waals surface area contributed by atoms with E-state index >= 15 is 0 Å². The predicted octanol–water partition coefficient (Wildman–Crippen LogP) is -2.60. The van der Waals surface area contributed by atoms with Crippen LogP contribution in [0, 0.1) is 0 Å². The Morgan fingerprint density at radius 2 is 1.15 bits per heavy atom. The van der Waals surface area contributed by atoms with Gasteiger partial charge in [0.05, 0.1) is 6.04 Å². The monoisotopic (exact) mass is 473 g/mol. The summed E-state index contributed by atoms with van der Waals surface area (Å²) < 4.78 is 0. The molecular formula is C20H39N7O6. The lowest BCUT2D eigenvalue weighted by Crippen LogP contribution is -2.56. The van der Waals surface area contributed by atoms with Crippen molar-refractivity contribution < 1.29 is 29.1 Å². The van der Waals surface area contributed by atoms with Gasteiger partial charge in [-0.1, -0.05) is 0 Å². The van der Waals surface area contributed by atoms with Gasteiger partial charge in [0.2, 0.25) is 23.6 Å². The molecule has 190 valence electrons. The van der Waals surface area contributed by atoms with Gasteiger partial charge in [0.15, 0.2) is 0 Å². The van der Waals surface area contributed by atoms with Crippen LogP contribution in [0.3, 0.4) is 0 Å². The minimum Gasteiger partial charge on any atom is -0.480 e. The molecule has 0 aromatic rings. The molecule has 13 nitrogen and oxygen atoms in total. The summed E-state index contributed by atoms with van der Waals surface area (Å²) in [7, 11) is 0. The number of carbonyl (C=O) groups excluding carboxylic acids is 4. The summed E-state index contributed by atoms with van der Waals surface area (Å²) >= 11 is 0. The Bertz CT molecular complexity index is 659. The molecule has 0 saturated carbocycles. The van der Waals surface area contributed by atoms with E-state index in [2.05, 4.69) is 16.0 Å². The zero-order valence-corrected chi connectivity index (χ0v) is 19.2. The molecule has 0 rings (SSSR count). The standard InChI is InChI=1S/C20H39N7O6/c1-12(23)17(29)25-13(6-2-4-10-21)18(30)26-14(7-3-5-11-22)19(31)27-15(20(32)33)8-9-16(24)28/h12-15H,2-11,21-23H2,1H3,(H2,24,28)(H,25,29)(H,26,30)(H,27,31)(H,32,33). The molecule has 0 aromatic carbocycles. The minimum absolute atomic E-state index is 0.188. The Balaban J connectivity index is 5.41. The van der Waals surface area contributed by atoms with Crippen LogP contribution in [0.1, 0.15) is 58.3 Å². The first-order valence-corrected chi connectivity index (χ1v) is 11.1. The average molecular weight is 474 g/mol. The first kappa shape index (κ1) is 30.2. The summed E-state index contributed by atoms with van der Waals surface area (Å²) in [5.74, 6) is -3.88. The van der Waals surface area contributed by atoms with Crippen molar-refractivity contribution in [3.05, 3.63) is 0 Å². The Labute approximate surface area is 193 Å². The van der Waals surface area contributed by atoms with E-state index in [1.54, 1.807) is 0 Å². The van der Waals surface area contributed by atoms with Gasteiger partial charge in [0, 0.05) is 6.42 Å². The lowest BCUT2D eigenvalue weighted by Gasteiger charge is -2.25. The highest BCUT2D eigenvalue weighted by Gasteiger charge is 2.29. The molecule has 33 heavy (non-hydrogen) atoms. The molecule has 0 fully saturated rings. The maximum absolute atomic E-state index is 12.9. The SMILES string of the molecule is CC(N)C(=O)NC(CCCCN)C(=O)NC(CCCCN)C(=O)NC(CCC(N)=O)C(=O)O. The number of unbranched alkanes of at least 4 members (excludes halogenated alkanes) is 2. The molecule has 4 amide bonds. The highest BCUT2D eigenvalue weighted by Crippen LogP contribution is 2.07. The Kier molecular flexibility index (Phi) is 15.4. The smallest absolute Gasteiger partial charge is 0.326 e. The second-order valence-electron chi connectivity index (χ2n) is 7.88. The van der Waals surface area contributed by atoms with E-state index in [4.69, 9.17) is 22.9 Å². The lowest BCUT2D eigenvalue weighted by molar-refractivity contribution is -0.142. The molecule has 0 saturated heterocycles. The number of hydrogen-bond donors (Lipinski definition) is 8. The Morgan fingerprint density at radius 1 is 0.727 bits per heavy atom. The van der Waals surface area contributed by atoms with Crippen LogP contribution in [-0.4, -0.2) is 72.0 Å². The first-order valence-electron chi connectivity index (χ1n) is 11.1. The van der Waals surface area contributed by atoms with Gasteiger partial charge >= 0.3 is 5.97 Å². The van der Waals surface area contributed by atoms with Crippen LogP contribution < -0.4 is 38.9 Å². The zero-order chi connectivity index (χ0) is 25.4. The third-order valence-corrected chi connectivity index (χ3v) is 4.87. The van der Waals surface area contributed by atoms with E-state index in [-0.39, 0.29) is 25.7 Å². The van der Waals surface area contributed by atoms with Gasteiger partial charge < -0.3 is 44.0 Å². The van der Waals surface area contributed by atoms with Crippen LogP contribution in [-0.2, 0) is 24.0 Å². The maximum Gasteiger partial charge on any atom is 0.326 e. The number of nitrogens with two attached hydrogens (primary N) is 4. The topological polar surface area (TPSA) is 246 Å². The molecule has 0 spiro atoms. The summed E-state index contributed by atoms with van der Waals surface area (Å²) in [6.45, 7) is 2.28. The second-order valence-corrected chi connectivity index (χ2v) is 7.88. The zero-order valence-electron chi connectivity index (χ0n) is 19.2. The van der Waals surface area contributed by atoms with E-state index in [9.17, 15) is 29.1 Å². The number of carboxylic acids is 1. The number of primary amides is 1. The molecule has 4 atom stereocenters. The van der Waals surface area contributed by atoms with E-state index < -0.39 is 53.8 Å². The van der Waals surface area contributed by atoms with Crippen LogP contribution in [0.25, 0.3) is 0 Å². The van der Waals surface area contributed by atoms with Gasteiger partial charge in [-0.2, -0.15) is 0 Å². The summed E-state index contributed by atoms with van der Waals surface area (Å²) in [6.07, 6.45) is 2.36. The normalized spacial score (nSPS) is 14.4. The minimum atomic E-state index is -1.35. The molecule has 0 heterocycles. The molecular weight excluding hydrogens is 434 g/mol. The van der Waals surface area contributed by atoms with E-state index in [1.807, 2.05) is 0 Å². The number of carboxylic acid groups (broad SMARTS) is 1. The van der Waals surface area contributed by atoms with Gasteiger partial charge in [-0.25, -0.2) is 4.79 Å². The highest BCUT2D eigenvalue weighted by atomic mass is 16.4. The van der Waals surface area contributed by atoms with Crippen LogP contribution in [0.4, 0.5) is 0 Å². The van der Waals surface area contributed by atoms with Crippen molar-refractivity contribution in [2.75, 3.05) is 13.1 Å². The fraction of sp³-hybridized carbons (Fsp3) is 0.750. The Morgan fingerprint density at radius 3 is 1.52 bits per heavy atom. The molecule has 0 radical (unpaired) electrons. The molecule has 0 bridgehead atoms. The van der Waals surface area contributed by atoms with Crippen molar-refractivity contribution in [2.24, 2.45) is 22.9 Å². The summed E-state index contributed by atoms with van der Waals surface area (Å²) in [4.78, 5) is 60.1. The lowest BCUT2D eigenvalue weighted by atomic mass is 10.0. The second kappa shape index (κ2) is 16.8. The number of aliphatic carboxylic acids is 1. The van der Waals surface area contributed by atoms with Gasteiger partial charge in [-0.05, 0) is 65.0 Å². The van der Waals surface area contributed by atoms with Gasteiger partial charge in [0.1, 0.15) is 18.1 Å². The first-order chi connectivity index (χ1) is 15.5. The average Bonchev–Trinajstić information content (AvgIpc) is 2.74. The molecule has 13 heteroatoms. The third-order valence-electron chi connectivity index (χ3n) is 4.87. The molecule has 0 aliphatic rings. The summed E-state index contributed by atoms with van der Waals surface area (Å²) in [5.41, 5.74) is 21.6. The van der Waals surface area contributed by atoms with Gasteiger partial charge in [0.25, 0.3) is 0 Å². The quantitative estimate of drug-likeness (QED) is 0.0970. The van der Waals surface area contributed by atoms with Crippen molar-refractivity contribution in [3.63, 3.8) is 0 Å². The number of rotatable bonds is 18. The summed E-state index contributed by atoms with van der Waals surface area (Å²) in [5, 5.41) is 16.8. The number of nitrogens with one attached hydrogen (secondary N) is 3. The van der Waals surface area contributed by atoms with Crippen molar-refractivity contribution in [1.29, 1.82) is 0 Å². The van der Waals surface area contributed by atoms with Crippen molar-refractivity contribution in [2.45, 2.75) is 82.5 Å². The number of hydrogen-bond acceptors (Lipinski definition) is 8. The molecule has 0 aliphatic carbocycles. The van der Waals surface area contributed by atoms with Crippen molar-refractivity contribution in [3.8, 4) is 0 Å². The number of amides is 4. The number of carbonyl (C=O) groups is 5. The van der Waals surface area contributed by atoms with E-state index in [0.717, 1.165) is 0 Å². The fourth-order valence-electron chi connectivity index (χ4n) is 2.91. The predicted molar refractivity (Wildman–Crippen MR) is 121 cm³/mol. The van der Waals surface area contributed by atoms with Gasteiger partial charge in [-0.3, -0.25) is 19.2 Å². The molecule has 0 aliphatic heterocycles. The van der Waals surface area contributed by atoms with Gasteiger partial charge in [-0.15, -0.1) is 0 Å². The van der Waals surface area contributed by atoms with Crippen molar-refractivity contribution in [1.82, 2.24) is 16.0 Å². The van der Waals surface area contributed by atoms with Crippen LogP contribution in [0.5, 0.6) is 0 Å². The van der Waals surface area contributed by atoms with E-state index in [0.29, 0.717) is 38.8 Å². The van der Waals surface area contributed by atoms with E-state index in [1.165, 1.54) is 6.92 Å². The largest absolute Gasteiger partial charge is 0.480 e. The fourth-order valence-corrected chi connectivity index (χ4v) is 2.91. The Hall–Kier alpha value is -2.77. The van der Waals surface area contributed by atoms with Crippen LogP contribution >= 0.6 is 0 Å². The molecule has 0 aromatic heterocycles. The van der Waals surface area contributed by atoms with Crippen LogP contribution in [0.15, 0.2) is 0 Å². The maximum atomic E-state index is 12.9. The molecule has 4 unspecified atom stereocenters. The van der Waals surface area contributed by atoms with Crippen LogP contribution in [0.2, 0.25) is 0 Å². The molecule has 12 N–H and O–H groups in total. The highest BCUT2D eigenvalue weighted by molar-refractivity contribution is 5.94. The van der Waals surface area contributed by atoms with Crippen molar-refractivity contribution >= 4 is 29.6 Å².